The van der Waals surface area contributed by atoms with Crippen molar-refractivity contribution in [2.75, 3.05) is 189 Å². The van der Waals surface area contributed by atoms with Gasteiger partial charge < -0.3 is 88.0 Å². The summed E-state index contributed by atoms with van der Waals surface area (Å²) in [4.78, 5) is 59.3. The molecule has 2 aliphatic carbocycles. The Bertz CT molecular complexity index is 4770. The van der Waals surface area contributed by atoms with Crippen molar-refractivity contribution < 1.29 is 42.6 Å². The van der Waals surface area contributed by atoms with Crippen LogP contribution < -0.4 is 59.6 Å². The zero-order chi connectivity index (χ0) is 80.0. The van der Waals surface area contributed by atoms with Gasteiger partial charge >= 0.3 is 0 Å². The van der Waals surface area contributed by atoms with Crippen molar-refractivity contribution in [2.45, 2.75) is 156 Å². The molecule has 2 unspecified atom stereocenters. The fourth-order valence-electron chi connectivity index (χ4n) is 16.8. The van der Waals surface area contributed by atoms with E-state index in [1.165, 1.54) is 44.9 Å². The van der Waals surface area contributed by atoms with Crippen LogP contribution in [-0.4, -0.2) is 241 Å². The van der Waals surface area contributed by atoms with Gasteiger partial charge in [0.15, 0.2) is 16.9 Å². The van der Waals surface area contributed by atoms with Gasteiger partial charge in [-0.2, -0.15) is 29.9 Å². The largest absolute Gasteiger partial charge is 0.496 e. The molecule has 6 saturated heterocycles. The molecule has 12 heterocycles. The van der Waals surface area contributed by atoms with E-state index in [9.17, 15) is 0 Å². The molecule has 8 aliphatic rings. The van der Waals surface area contributed by atoms with E-state index in [0.717, 1.165) is 192 Å². The summed E-state index contributed by atoms with van der Waals surface area (Å²) in [6, 6.07) is 33.1. The first-order valence-electron chi connectivity index (χ1n) is 42.6. The number of pyridine rings is 3. The molecule has 0 radical (unpaired) electrons. The highest BCUT2D eigenvalue weighted by molar-refractivity contribution is 5.92. The SMILES string of the molecule is CCCCNCc1cc(-c2ccc3c(N4CCOC[C@@H]4C)nc(N4CCOC[C@@H]4C)nc3n2)ccc1OC.COc1ccc(-c2ccc3c(N4CCOCC4)nc(N4CCOC[C@@H]4C)nc3n2)cc1CNCC1CC1.COc1ccc(-c2ccc3c(N4CCOC[C@@H]4C)nc(N4CCOC[C@@H]4C)nc3n2)cc1CNC1CCCCC1C. The number of nitrogens with zero attached hydrogens (tertiary/aromatic N) is 15. The molecule has 2 saturated carbocycles. The third-order valence-electron chi connectivity index (χ3n) is 23.9. The third kappa shape index (κ3) is 19.5. The molecule has 0 amide bonds. The molecule has 3 aromatic carbocycles. The lowest BCUT2D eigenvalue weighted by Crippen LogP contribution is -2.46. The summed E-state index contributed by atoms with van der Waals surface area (Å²) < 4.78 is 51.1. The highest BCUT2D eigenvalue weighted by Gasteiger charge is 2.33. The van der Waals surface area contributed by atoms with Gasteiger partial charge in [0.05, 0.1) is 164 Å². The molecule has 7 atom stereocenters. The number of rotatable bonds is 24. The molecule has 9 aromatic rings. The second kappa shape index (κ2) is 39.0. The highest BCUT2D eigenvalue weighted by atomic mass is 16.5. The Hall–Kier alpha value is -9.03. The van der Waals surface area contributed by atoms with Crippen molar-refractivity contribution in [3.63, 3.8) is 0 Å². The fraction of sp³-hybridized carbons (Fsp3) is 0.562. The predicted molar refractivity (Wildman–Crippen MR) is 458 cm³/mol. The molecule has 8 fully saturated rings. The van der Waals surface area contributed by atoms with Crippen LogP contribution in [-0.2, 0) is 48.1 Å². The second-order valence-corrected chi connectivity index (χ2v) is 32.4. The lowest BCUT2D eigenvalue weighted by molar-refractivity contribution is 0.0972. The number of morpholine rings is 6. The maximum absolute atomic E-state index is 5.75. The molecule has 0 spiro atoms. The van der Waals surface area contributed by atoms with Gasteiger partial charge in [0.2, 0.25) is 17.8 Å². The summed E-state index contributed by atoms with van der Waals surface area (Å²) in [5, 5.41) is 13.8. The number of nitrogens with one attached hydrogen (secondary N) is 3. The van der Waals surface area contributed by atoms with Crippen LogP contribution in [0, 0.1) is 11.8 Å². The van der Waals surface area contributed by atoms with E-state index >= 15 is 0 Å². The molecule has 0 bridgehead atoms. The van der Waals surface area contributed by atoms with Gasteiger partial charge in [-0.05, 0) is 183 Å². The fourth-order valence-corrected chi connectivity index (χ4v) is 16.8. The van der Waals surface area contributed by atoms with E-state index in [1.807, 2.05) is 12.1 Å². The van der Waals surface area contributed by atoms with E-state index in [1.54, 1.807) is 21.3 Å². The van der Waals surface area contributed by atoms with Gasteiger partial charge in [0.1, 0.15) is 34.7 Å². The molecular weight excluding hydrogens is 1470 g/mol. The number of hydrogen-bond donors (Lipinski definition) is 3. The summed E-state index contributed by atoms with van der Waals surface area (Å²) in [7, 11) is 5.19. The molecule has 6 aliphatic heterocycles. The van der Waals surface area contributed by atoms with Crippen molar-refractivity contribution in [1.82, 2.24) is 60.8 Å². The minimum absolute atomic E-state index is 0.197. The first-order chi connectivity index (χ1) is 56.8. The average molecular weight is 1590 g/mol. The smallest absolute Gasteiger partial charge is 0.229 e. The summed E-state index contributed by atoms with van der Waals surface area (Å²) in [5.74, 6) is 9.15. The molecule has 116 heavy (non-hydrogen) atoms. The molecule has 17 rings (SSSR count). The average Bonchev–Trinajstić information content (AvgIpc) is 0.930. The molecule has 27 heteroatoms. The van der Waals surface area contributed by atoms with Gasteiger partial charge in [-0.1, -0.05) is 33.1 Å². The van der Waals surface area contributed by atoms with Crippen molar-refractivity contribution in [2.24, 2.45) is 11.8 Å². The second-order valence-electron chi connectivity index (χ2n) is 32.4. The number of unbranched alkanes of at least 4 members (excludes halogenated alkanes) is 1. The normalized spacial score (nSPS) is 22.1. The number of fused-ring (bicyclic) bond motifs is 3. The molecule has 27 nitrogen and oxygen atoms in total. The maximum atomic E-state index is 5.75. The van der Waals surface area contributed by atoms with Crippen LogP contribution >= 0.6 is 0 Å². The molecule has 620 valence electrons. The third-order valence-corrected chi connectivity index (χ3v) is 23.9. The van der Waals surface area contributed by atoms with Crippen molar-refractivity contribution in [3.05, 3.63) is 108 Å². The van der Waals surface area contributed by atoms with Crippen LogP contribution in [0.25, 0.3) is 66.9 Å². The minimum atomic E-state index is 0.197. The van der Waals surface area contributed by atoms with Crippen LogP contribution in [0.5, 0.6) is 17.2 Å². The summed E-state index contributed by atoms with van der Waals surface area (Å²) in [6.45, 7) is 33.4. The quantitative estimate of drug-likeness (QED) is 0.0475. The Morgan fingerprint density at radius 3 is 1.16 bits per heavy atom. The zero-order valence-electron chi connectivity index (χ0n) is 69.8. The Balaban J connectivity index is 0.000000137. The van der Waals surface area contributed by atoms with Crippen LogP contribution in [0.2, 0.25) is 0 Å². The molecule has 6 aromatic heterocycles. The van der Waals surface area contributed by atoms with Crippen molar-refractivity contribution in [1.29, 1.82) is 0 Å². The van der Waals surface area contributed by atoms with Crippen LogP contribution in [0.15, 0.2) is 91.0 Å². The Kier molecular flexibility index (Phi) is 27.6. The van der Waals surface area contributed by atoms with Gasteiger partial charge in [-0.3, -0.25) is 0 Å². The highest BCUT2D eigenvalue weighted by Crippen LogP contribution is 2.38. The van der Waals surface area contributed by atoms with E-state index in [4.69, 9.17) is 87.5 Å². The molecule has 3 N–H and O–H groups in total. The summed E-state index contributed by atoms with van der Waals surface area (Å²) in [6.07, 6.45) is 10.2. The Labute approximate surface area is 683 Å². The van der Waals surface area contributed by atoms with E-state index in [0.29, 0.717) is 126 Å². The minimum Gasteiger partial charge on any atom is -0.496 e. The standard InChI is InChI=1S/C32H44N6O3.C29H40N6O3.C28H36N6O3/c1-21-7-5-6-8-27(21)33-18-25-17-24(9-12-29(25)39-4)28-11-10-26-30(34-28)35-32(38-14-16-41-20-23(38)3)36-31(26)37-13-15-40-19-22(37)2;1-5-6-11-30-17-23-16-22(7-10-26(23)36-4)25-9-8-24-27(31-25)32-29(35-13-15-38-19-21(35)3)33-28(24)34-12-14-37-18-20(34)2;1-19-18-37-14-11-34(19)28-31-26-23(27(32-28)33-9-12-36-13-10-33)6-7-24(30-26)21-5-8-25(35-2)22(15-21)17-29-16-20-3-4-20/h9-12,17,21-23,27,33H,5-8,13-16,18-20H2,1-4H3;7-10,16,20-21,30H,5-6,11-15,17-19H2,1-4H3;5-8,15,19-20,29H,3-4,9-14,16-18H2,1-2H3/t21?,22-,23-,27?;20-,21-;19-/m000/s1. The Morgan fingerprint density at radius 2 is 0.767 bits per heavy atom. The van der Waals surface area contributed by atoms with Crippen LogP contribution in [0.1, 0.15) is 117 Å². The van der Waals surface area contributed by atoms with Gasteiger partial charge in [-0.15, -0.1) is 0 Å². The first-order valence-corrected chi connectivity index (χ1v) is 42.6. The van der Waals surface area contributed by atoms with E-state index < -0.39 is 0 Å². The van der Waals surface area contributed by atoms with Gasteiger partial charge in [0.25, 0.3) is 0 Å². The molecular formula is C89H120N18O9. The van der Waals surface area contributed by atoms with E-state index in [-0.39, 0.29) is 30.2 Å². The van der Waals surface area contributed by atoms with Crippen molar-refractivity contribution >= 4 is 68.4 Å². The first kappa shape index (κ1) is 82.1. The summed E-state index contributed by atoms with van der Waals surface area (Å²) in [5.41, 5.74) is 11.4. The lowest BCUT2D eigenvalue weighted by atomic mass is 9.86. The zero-order valence-corrected chi connectivity index (χ0v) is 69.8. The predicted octanol–water partition coefficient (Wildman–Crippen LogP) is 12.1. The number of methoxy groups -OCH3 is 3. The number of benzene rings is 3. The van der Waals surface area contributed by atoms with Crippen molar-refractivity contribution in [3.8, 4) is 51.0 Å². The van der Waals surface area contributed by atoms with Gasteiger partial charge in [0, 0.05) is 105 Å². The van der Waals surface area contributed by atoms with Crippen LogP contribution in [0.4, 0.5) is 35.3 Å². The summed E-state index contributed by atoms with van der Waals surface area (Å²) >= 11 is 0. The van der Waals surface area contributed by atoms with Crippen LogP contribution in [0.3, 0.4) is 0 Å². The lowest BCUT2D eigenvalue weighted by Gasteiger charge is -2.37. The van der Waals surface area contributed by atoms with Gasteiger partial charge in [-0.25, -0.2) is 15.0 Å². The number of aromatic nitrogens is 9. The number of hydrogen-bond acceptors (Lipinski definition) is 27. The topological polar surface area (TPSA) is 255 Å². The number of ether oxygens (including phenoxy) is 9. The van der Waals surface area contributed by atoms with E-state index in [2.05, 4.69) is 173 Å². The monoisotopic (exact) mass is 1580 g/mol. The number of anilines is 6. The maximum Gasteiger partial charge on any atom is 0.229 e. The Morgan fingerprint density at radius 1 is 0.388 bits per heavy atom.